The first kappa shape index (κ1) is 17.7. The molecule has 0 unspecified atom stereocenters. The van der Waals surface area contributed by atoms with Crippen molar-refractivity contribution in [2.45, 2.75) is 26.2 Å². The molecule has 0 amide bonds. The van der Waals surface area contributed by atoms with Gasteiger partial charge in [0.05, 0.1) is 7.11 Å². The zero-order chi connectivity index (χ0) is 18.6. The van der Waals surface area contributed by atoms with Crippen molar-refractivity contribution >= 4 is 23.1 Å². The van der Waals surface area contributed by atoms with E-state index in [-0.39, 0.29) is 5.41 Å². The number of benzene rings is 2. The van der Waals surface area contributed by atoms with Gasteiger partial charge in [0.1, 0.15) is 11.6 Å². The van der Waals surface area contributed by atoms with E-state index in [1.54, 1.807) is 13.3 Å². The Balaban J connectivity index is 1.80. The summed E-state index contributed by atoms with van der Waals surface area (Å²) in [6.07, 6.45) is 1.74. The van der Waals surface area contributed by atoms with E-state index in [1.165, 1.54) is 5.56 Å². The van der Waals surface area contributed by atoms with Gasteiger partial charge in [-0.05, 0) is 47.4 Å². The van der Waals surface area contributed by atoms with E-state index in [4.69, 9.17) is 4.74 Å². The Morgan fingerprint density at radius 1 is 0.885 bits per heavy atom. The normalized spacial score (nSPS) is 11.1. The van der Waals surface area contributed by atoms with E-state index in [9.17, 15) is 0 Å². The van der Waals surface area contributed by atoms with Crippen LogP contribution in [0.2, 0.25) is 0 Å². The molecule has 0 fully saturated rings. The third kappa shape index (κ3) is 4.30. The Morgan fingerprint density at radius 2 is 1.62 bits per heavy atom. The molecule has 0 aliphatic rings. The van der Waals surface area contributed by atoms with Crippen molar-refractivity contribution in [2.75, 3.05) is 17.7 Å². The Kier molecular flexibility index (Phi) is 5.07. The van der Waals surface area contributed by atoms with Crippen LogP contribution in [0.1, 0.15) is 26.3 Å². The van der Waals surface area contributed by atoms with Gasteiger partial charge in [-0.2, -0.15) is 4.98 Å². The minimum atomic E-state index is 0.0425. The van der Waals surface area contributed by atoms with Crippen molar-refractivity contribution in [3.63, 3.8) is 0 Å². The standard InChI is InChI=1S/C21H24N4O/c1-21(2,3)17-7-5-6-8-18(17)24-19-13-14-22-20(25-19)23-15-9-11-16(26-4)12-10-15/h5-14H,1-4H3,(H2,22,23,24,25). The predicted molar refractivity (Wildman–Crippen MR) is 107 cm³/mol. The topological polar surface area (TPSA) is 59.1 Å². The predicted octanol–water partition coefficient (Wildman–Crippen LogP) is 5.27. The van der Waals surface area contributed by atoms with Crippen molar-refractivity contribution < 1.29 is 4.74 Å². The number of para-hydroxylation sites is 1. The lowest BCUT2D eigenvalue weighted by Gasteiger charge is -2.23. The Labute approximate surface area is 154 Å². The lowest BCUT2D eigenvalue weighted by atomic mass is 9.86. The second-order valence-corrected chi connectivity index (χ2v) is 7.04. The maximum absolute atomic E-state index is 5.17. The fraction of sp³-hybridized carbons (Fsp3) is 0.238. The van der Waals surface area contributed by atoms with Crippen LogP contribution in [-0.4, -0.2) is 17.1 Å². The zero-order valence-corrected chi connectivity index (χ0v) is 15.6. The lowest BCUT2D eigenvalue weighted by molar-refractivity contribution is 0.415. The largest absolute Gasteiger partial charge is 0.497 e. The molecule has 26 heavy (non-hydrogen) atoms. The molecule has 1 aromatic heterocycles. The summed E-state index contributed by atoms with van der Waals surface area (Å²) in [6.45, 7) is 6.60. The maximum Gasteiger partial charge on any atom is 0.229 e. The zero-order valence-electron chi connectivity index (χ0n) is 15.6. The number of nitrogens with zero attached hydrogens (tertiary/aromatic N) is 2. The van der Waals surface area contributed by atoms with Gasteiger partial charge < -0.3 is 15.4 Å². The van der Waals surface area contributed by atoms with Gasteiger partial charge in [0, 0.05) is 17.6 Å². The quantitative estimate of drug-likeness (QED) is 0.658. The van der Waals surface area contributed by atoms with Gasteiger partial charge in [0.2, 0.25) is 5.95 Å². The summed E-state index contributed by atoms with van der Waals surface area (Å²) in [6, 6.07) is 17.8. The average molecular weight is 348 g/mol. The van der Waals surface area contributed by atoms with Crippen molar-refractivity contribution in [3.8, 4) is 5.75 Å². The van der Waals surface area contributed by atoms with Crippen LogP contribution in [0.3, 0.4) is 0 Å². The van der Waals surface area contributed by atoms with Crippen LogP contribution >= 0.6 is 0 Å². The monoisotopic (exact) mass is 348 g/mol. The Hall–Kier alpha value is -3.08. The van der Waals surface area contributed by atoms with E-state index in [2.05, 4.69) is 59.6 Å². The van der Waals surface area contributed by atoms with Crippen molar-refractivity contribution in [2.24, 2.45) is 0 Å². The number of methoxy groups -OCH3 is 1. The molecule has 3 rings (SSSR count). The Morgan fingerprint density at radius 3 is 2.31 bits per heavy atom. The highest BCUT2D eigenvalue weighted by Crippen LogP contribution is 2.31. The number of rotatable bonds is 5. The van der Waals surface area contributed by atoms with Crippen LogP contribution in [0, 0.1) is 0 Å². The molecular formula is C21H24N4O. The smallest absolute Gasteiger partial charge is 0.229 e. The second kappa shape index (κ2) is 7.44. The first-order chi connectivity index (χ1) is 12.5. The van der Waals surface area contributed by atoms with Crippen molar-refractivity contribution in [3.05, 3.63) is 66.4 Å². The summed E-state index contributed by atoms with van der Waals surface area (Å²) in [4.78, 5) is 8.86. The lowest BCUT2D eigenvalue weighted by Crippen LogP contribution is -2.13. The van der Waals surface area contributed by atoms with Crippen molar-refractivity contribution in [1.29, 1.82) is 0 Å². The number of anilines is 4. The highest BCUT2D eigenvalue weighted by Gasteiger charge is 2.17. The first-order valence-electron chi connectivity index (χ1n) is 8.56. The number of hydrogen-bond acceptors (Lipinski definition) is 5. The highest BCUT2D eigenvalue weighted by molar-refractivity contribution is 5.63. The maximum atomic E-state index is 5.17. The summed E-state index contributed by atoms with van der Waals surface area (Å²) in [7, 11) is 1.65. The molecular weight excluding hydrogens is 324 g/mol. The summed E-state index contributed by atoms with van der Waals surface area (Å²) in [5.74, 6) is 2.09. The van der Waals surface area contributed by atoms with Gasteiger partial charge in [-0.3, -0.25) is 0 Å². The summed E-state index contributed by atoms with van der Waals surface area (Å²) in [5, 5.41) is 6.62. The van der Waals surface area contributed by atoms with E-state index < -0.39 is 0 Å². The van der Waals surface area contributed by atoms with Gasteiger partial charge in [-0.15, -0.1) is 0 Å². The molecule has 0 saturated carbocycles. The minimum absolute atomic E-state index is 0.0425. The molecule has 3 aromatic rings. The molecule has 0 radical (unpaired) electrons. The SMILES string of the molecule is COc1ccc(Nc2nccc(Nc3ccccc3C(C)(C)C)n2)cc1. The van der Waals surface area contributed by atoms with Crippen LogP contribution in [0.4, 0.5) is 23.1 Å². The fourth-order valence-electron chi connectivity index (χ4n) is 2.68. The van der Waals surface area contributed by atoms with Gasteiger partial charge in [-0.25, -0.2) is 4.98 Å². The Bertz CT molecular complexity index is 870. The molecule has 0 aliphatic carbocycles. The molecule has 134 valence electrons. The highest BCUT2D eigenvalue weighted by atomic mass is 16.5. The molecule has 0 bridgehead atoms. The average Bonchev–Trinajstić information content (AvgIpc) is 2.62. The minimum Gasteiger partial charge on any atom is -0.497 e. The van der Waals surface area contributed by atoms with Crippen LogP contribution in [-0.2, 0) is 5.41 Å². The molecule has 0 atom stereocenters. The molecule has 5 nitrogen and oxygen atoms in total. The van der Waals surface area contributed by atoms with Gasteiger partial charge in [-0.1, -0.05) is 39.0 Å². The summed E-state index contributed by atoms with van der Waals surface area (Å²) < 4.78 is 5.17. The molecule has 1 heterocycles. The van der Waals surface area contributed by atoms with E-state index in [1.807, 2.05) is 36.4 Å². The van der Waals surface area contributed by atoms with E-state index in [0.29, 0.717) is 5.95 Å². The molecule has 2 N–H and O–H groups in total. The van der Waals surface area contributed by atoms with Crippen LogP contribution in [0.15, 0.2) is 60.8 Å². The van der Waals surface area contributed by atoms with Gasteiger partial charge in [0.25, 0.3) is 0 Å². The molecule has 2 aromatic carbocycles. The molecule has 0 aliphatic heterocycles. The molecule has 0 saturated heterocycles. The summed E-state index contributed by atoms with van der Waals surface area (Å²) >= 11 is 0. The van der Waals surface area contributed by atoms with Crippen LogP contribution in [0.25, 0.3) is 0 Å². The molecule has 0 spiro atoms. The number of ether oxygens (including phenoxy) is 1. The van der Waals surface area contributed by atoms with E-state index in [0.717, 1.165) is 22.9 Å². The third-order valence-electron chi connectivity index (χ3n) is 4.00. The van der Waals surface area contributed by atoms with E-state index >= 15 is 0 Å². The third-order valence-corrected chi connectivity index (χ3v) is 4.00. The summed E-state index contributed by atoms with van der Waals surface area (Å²) in [5.41, 5.74) is 3.23. The van der Waals surface area contributed by atoms with Crippen LogP contribution in [0.5, 0.6) is 5.75 Å². The fourth-order valence-corrected chi connectivity index (χ4v) is 2.68. The van der Waals surface area contributed by atoms with Crippen molar-refractivity contribution in [1.82, 2.24) is 9.97 Å². The number of aromatic nitrogens is 2. The van der Waals surface area contributed by atoms with Gasteiger partial charge >= 0.3 is 0 Å². The van der Waals surface area contributed by atoms with Crippen LogP contribution < -0.4 is 15.4 Å². The second-order valence-electron chi connectivity index (χ2n) is 7.04. The molecule has 5 heteroatoms. The van der Waals surface area contributed by atoms with Gasteiger partial charge in [0.15, 0.2) is 0 Å². The number of nitrogens with one attached hydrogen (secondary N) is 2. The first-order valence-corrected chi connectivity index (χ1v) is 8.56. The number of hydrogen-bond donors (Lipinski definition) is 2.